The molecule has 0 saturated heterocycles. The summed E-state index contributed by atoms with van der Waals surface area (Å²) in [4.78, 5) is 4.13. The second-order valence-corrected chi connectivity index (χ2v) is 5.45. The molecule has 0 saturated carbocycles. The standard InChI is InChI=1S/C14H23NO2/c1-10(2)7-14(5,16)12-6-13(9-15-8-12)17-11(3)4/h6,8-11,16H,7H2,1-5H3. The lowest BCUT2D eigenvalue weighted by Gasteiger charge is -2.26. The molecular weight excluding hydrogens is 214 g/mol. The summed E-state index contributed by atoms with van der Waals surface area (Å²) < 4.78 is 5.58. The first-order valence-electron chi connectivity index (χ1n) is 6.16. The molecule has 1 aromatic rings. The van der Waals surface area contributed by atoms with Crippen LogP contribution in [0.2, 0.25) is 0 Å². The fourth-order valence-electron chi connectivity index (χ4n) is 1.96. The quantitative estimate of drug-likeness (QED) is 0.855. The van der Waals surface area contributed by atoms with E-state index in [1.807, 2.05) is 26.8 Å². The van der Waals surface area contributed by atoms with E-state index in [0.717, 1.165) is 5.56 Å². The lowest BCUT2D eigenvalue weighted by Crippen LogP contribution is -2.23. The third-order valence-electron chi connectivity index (χ3n) is 2.51. The van der Waals surface area contributed by atoms with Crippen LogP contribution in [0.3, 0.4) is 0 Å². The van der Waals surface area contributed by atoms with Crippen LogP contribution >= 0.6 is 0 Å². The number of pyridine rings is 1. The van der Waals surface area contributed by atoms with Crippen LogP contribution in [0.4, 0.5) is 0 Å². The number of hydrogen-bond acceptors (Lipinski definition) is 3. The zero-order valence-electron chi connectivity index (χ0n) is 11.4. The molecule has 0 fully saturated rings. The highest BCUT2D eigenvalue weighted by molar-refractivity contribution is 5.27. The highest BCUT2D eigenvalue weighted by Crippen LogP contribution is 2.29. The highest BCUT2D eigenvalue weighted by Gasteiger charge is 2.25. The fraction of sp³-hybridized carbons (Fsp3) is 0.643. The van der Waals surface area contributed by atoms with Gasteiger partial charge in [0.1, 0.15) is 5.75 Å². The number of hydrogen-bond donors (Lipinski definition) is 1. The summed E-state index contributed by atoms with van der Waals surface area (Å²) in [6, 6.07) is 1.87. The summed E-state index contributed by atoms with van der Waals surface area (Å²) in [7, 11) is 0. The monoisotopic (exact) mass is 237 g/mol. The van der Waals surface area contributed by atoms with Gasteiger partial charge in [0, 0.05) is 11.8 Å². The Bertz CT molecular complexity index is 359. The molecule has 1 N–H and O–H groups in total. The maximum atomic E-state index is 10.4. The number of rotatable bonds is 5. The van der Waals surface area contributed by atoms with Crippen LogP contribution in [0.5, 0.6) is 5.75 Å². The van der Waals surface area contributed by atoms with Crippen molar-refractivity contribution in [2.24, 2.45) is 5.92 Å². The van der Waals surface area contributed by atoms with Crippen LogP contribution < -0.4 is 4.74 Å². The minimum atomic E-state index is -0.850. The van der Waals surface area contributed by atoms with E-state index >= 15 is 0 Å². The molecule has 3 heteroatoms. The average Bonchev–Trinajstić information content (AvgIpc) is 2.15. The van der Waals surface area contributed by atoms with Gasteiger partial charge in [0.05, 0.1) is 17.9 Å². The van der Waals surface area contributed by atoms with Gasteiger partial charge in [-0.3, -0.25) is 4.98 Å². The lowest BCUT2D eigenvalue weighted by atomic mass is 9.88. The van der Waals surface area contributed by atoms with Gasteiger partial charge < -0.3 is 9.84 Å². The van der Waals surface area contributed by atoms with Crippen LogP contribution in [0.1, 0.15) is 46.6 Å². The number of nitrogens with zero attached hydrogens (tertiary/aromatic N) is 1. The molecule has 0 amide bonds. The molecule has 0 bridgehead atoms. The SMILES string of the molecule is CC(C)CC(C)(O)c1cncc(OC(C)C)c1. The molecule has 1 unspecified atom stereocenters. The summed E-state index contributed by atoms with van der Waals surface area (Å²) in [5, 5.41) is 10.4. The van der Waals surface area contributed by atoms with E-state index in [2.05, 4.69) is 18.8 Å². The van der Waals surface area contributed by atoms with E-state index in [-0.39, 0.29) is 6.10 Å². The van der Waals surface area contributed by atoms with Crippen molar-refractivity contribution in [2.45, 2.75) is 52.7 Å². The number of aliphatic hydroxyl groups is 1. The minimum Gasteiger partial charge on any atom is -0.489 e. The van der Waals surface area contributed by atoms with Gasteiger partial charge in [0.15, 0.2) is 0 Å². The smallest absolute Gasteiger partial charge is 0.138 e. The summed E-state index contributed by atoms with van der Waals surface area (Å²) in [5.74, 6) is 1.14. The molecule has 3 nitrogen and oxygen atoms in total. The molecule has 17 heavy (non-hydrogen) atoms. The van der Waals surface area contributed by atoms with Crippen molar-refractivity contribution in [3.05, 3.63) is 24.0 Å². The topological polar surface area (TPSA) is 42.4 Å². The first-order valence-corrected chi connectivity index (χ1v) is 6.16. The predicted molar refractivity (Wildman–Crippen MR) is 69.0 cm³/mol. The van der Waals surface area contributed by atoms with E-state index in [1.54, 1.807) is 12.4 Å². The van der Waals surface area contributed by atoms with Crippen molar-refractivity contribution in [3.8, 4) is 5.75 Å². The van der Waals surface area contributed by atoms with Crippen LogP contribution in [0.25, 0.3) is 0 Å². The third-order valence-corrected chi connectivity index (χ3v) is 2.51. The zero-order valence-corrected chi connectivity index (χ0v) is 11.4. The summed E-state index contributed by atoms with van der Waals surface area (Å²) in [5.41, 5.74) is -0.0401. The molecular formula is C14H23NO2. The molecule has 1 aromatic heterocycles. The molecule has 0 aliphatic carbocycles. The molecule has 0 aromatic carbocycles. The fourth-order valence-corrected chi connectivity index (χ4v) is 1.96. The van der Waals surface area contributed by atoms with Crippen LogP contribution in [-0.4, -0.2) is 16.2 Å². The van der Waals surface area contributed by atoms with Crippen molar-refractivity contribution in [1.29, 1.82) is 0 Å². The predicted octanol–water partition coefficient (Wildman–Crippen LogP) is 3.12. The van der Waals surface area contributed by atoms with Crippen LogP contribution in [-0.2, 0) is 5.60 Å². The Kier molecular flexibility index (Phi) is 4.52. The van der Waals surface area contributed by atoms with Gasteiger partial charge in [-0.1, -0.05) is 13.8 Å². The molecule has 0 spiro atoms. The van der Waals surface area contributed by atoms with Crippen molar-refractivity contribution in [1.82, 2.24) is 4.98 Å². The Balaban J connectivity index is 2.90. The second kappa shape index (κ2) is 5.50. The highest BCUT2D eigenvalue weighted by atomic mass is 16.5. The summed E-state index contributed by atoms with van der Waals surface area (Å²) in [6.07, 6.45) is 4.20. The van der Waals surface area contributed by atoms with E-state index in [4.69, 9.17) is 4.74 Å². The summed E-state index contributed by atoms with van der Waals surface area (Å²) >= 11 is 0. The minimum absolute atomic E-state index is 0.113. The molecule has 1 rings (SSSR count). The van der Waals surface area contributed by atoms with Gasteiger partial charge in [-0.05, 0) is 39.2 Å². The Hall–Kier alpha value is -1.09. The molecule has 0 aliphatic heterocycles. The van der Waals surface area contributed by atoms with Gasteiger partial charge in [0.2, 0.25) is 0 Å². The Morgan fingerprint density at radius 2 is 1.94 bits per heavy atom. The summed E-state index contributed by atoms with van der Waals surface area (Å²) in [6.45, 7) is 9.95. The maximum Gasteiger partial charge on any atom is 0.138 e. The molecule has 1 atom stereocenters. The van der Waals surface area contributed by atoms with E-state index in [1.165, 1.54) is 0 Å². The van der Waals surface area contributed by atoms with E-state index < -0.39 is 5.60 Å². The van der Waals surface area contributed by atoms with Crippen molar-refractivity contribution >= 4 is 0 Å². The van der Waals surface area contributed by atoms with Gasteiger partial charge in [0.25, 0.3) is 0 Å². The Morgan fingerprint density at radius 3 is 2.47 bits per heavy atom. The molecule has 1 heterocycles. The van der Waals surface area contributed by atoms with Gasteiger partial charge in [-0.2, -0.15) is 0 Å². The van der Waals surface area contributed by atoms with Crippen molar-refractivity contribution in [2.75, 3.05) is 0 Å². The van der Waals surface area contributed by atoms with Crippen LogP contribution in [0.15, 0.2) is 18.5 Å². The largest absolute Gasteiger partial charge is 0.489 e. The van der Waals surface area contributed by atoms with Gasteiger partial charge in [-0.15, -0.1) is 0 Å². The number of ether oxygens (including phenoxy) is 1. The Labute approximate surface area is 104 Å². The normalized spacial score (nSPS) is 15.1. The number of aromatic nitrogens is 1. The average molecular weight is 237 g/mol. The second-order valence-electron chi connectivity index (χ2n) is 5.45. The maximum absolute atomic E-state index is 10.4. The van der Waals surface area contributed by atoms with Crippen LogP contribution in [0, 0.1) is 5.92 Å². The zero-order chi connectivity index (χ0) is 13.1. The molecule has 0 radical (unpaired) electrons. The first-order chi connectivity index (χ1) is 7.81. The van der Waals surface area contributed by atoms with Crippen molar-refractivity contribution in [3.63, 3.8) is 0 Å². The van der Waals surface area contributed by atoms with Gasteiger partial charge in [-0.25, -0.2) is 0 Å². The van der Waals surface area contributed by atoms with Crippen molar-refractivity contribution < 1.29 is 9.84 Å². The van der Waals surface area contributed by atoms with Gasteiger partial charge >= 0.3 is 0 Å². The Morgan fingerprint density at radius 1 is 1.29 bits per heavy atom. The first kappa shape index (κ1) is 14.0. The van der Waals surface area contributed by atoms with E-state index in [9.17, 15) is 5.11 Å². The molecule has 0 aliphatic rings. The molecule has 96 valence electrons. The third kappa shape index (κ3) is 4.35. The lowest BCUT2D eigenvalue weighted by molar-refractivity contribution is 0.0341. The van der Waals surface area contributed by atoms with E-state index in [0.29, 0.717) is 18.1 Å².